The largest absolute Gasteiger partial charge is 0.444 e. The van der Waals surface area contributed by atoms with Crippen molar-refractivity contribution in [2.75, 3.05) is 19.6 Å². The molecule has 1 aliphatic heterocycles. The number of amides is 1. The van der Waals surface area contributed by atoms with E-state index in [-0.39, 0.29) is 18.0 Å². The molecular formula is C17H23F3N2O2. The van der Waals surface area contributed by atoms with Crippen LogP contribution in [0.4, 0.5) is 18.0 Å². The SMILES string of the molecule is CC(C)(C)OC(=O)N1CCNC[C@@H]1Cc1ccccc1C(F)(F)F. The lowest BCUT2D eigenvalue weighted by Crippen LogP contribution is -2.55. The Kier molecular flexibility index (Phi) is 5.42. The van der Waals surface area contributed by atoms with Gasteiger partial charge < -0.3 is 15.0 Å². The molecule has 1 saturated heterocycles. The van der Waals surface area contributed by atoms with Crippen LogP contribution in [-0.2, 0) is 17.3 Å². The Hall–Kier alpha value is -1.76. The quantitative estimate of drug-likeness (QED) is 0.893. The lowest BCUT2D eigenvalue weighted by atomic mass is 9.98. The number of benzene rings is 1. The van der Waals surface area contributed by atoms with Crippen LogP contribution < -0.4 is 5.32 Å². The van der Waals surface area contributed by atoms with Crippen LogP contribution in [0.15, 0.2) is 24.3 Å². The number of nitrogens with zero attached hydrogens (tertiary/aromatic N) is 1. The van der Waals surface area contributed by atoms with Gasteiger partial charge in [0.2, 0.25) is 0 Å². The molecule has 1 atom stereocenters. The topological polar surface area (TPSA) is 41.6 Å². The van der Waals surface area contributed by atoms with Gasteiger partial charge in [-0.15, -0.1) is 0 Å². The molecule has 0 unspecified atom stereocenters. The van der Waals surface area contributed by atoms with E-state index in [2.05, 4.69) is 5.32 Å². The highest BCUT2D eigenvalue weighted by atomic mass is 19.4. The number of alkyl halides is 3. The summed E-state index contributed by atoms with van der Waals surface area (Å²) in [5.41, 5.74) is -1.11. The van der Waals surface area contributed by atoms with Crippen LogP contribution in [0, 0.1) is 0 Å². The number of halogens is 3. The molecule has 0 spiro atoms. The maximum atomic E-state index is 13.2. The third-order valence-corrected chi connectivity index (χ3v) is 3.76. The predicted molar refractivity (Wildman–Crippen MR) is 84.7 cm³/mol. The highest BCUT2D eigenvalue weighted by molar-refractivity contribution is 5.69. The summed E-state index contributed by atoms with van der Waals surface area (Å²) in [4.78, 5) is 13.9. The van der Waals surface area contributed by atoms with Gasteiger partial charge in [0.05, 0.1) is 11.6 Å². The first-order valence-corrected chi connectivity index (χ1v) is 7.93. The van der Waals surface area contributed by atoms with Gasteiger partial charge in [0.25, 0.3) is 0 Å². The highest BCUT2D eigenvalue weighted by Gasteiger charge is 2.36. The van der Waals surface area contributed by atoms with Crippen molar-refractivity contribution in [3.05, 3.63) is 35.4 Å². The lowest BCUT2D eigenvalue weighted by molar-refractivity contribution is -0.138. The fraction of sp³-hybridized carbons (Fsp3) is 0.588. The van der Waals surface area contributed by atoms with Crippen LogP contribution in [0.3, 0.4) is 0 Å². The van der Waals surface area contributed by atoms with E-state index >= 15 is 0 Å². The van der Waals surface area contributed by atoms with E-state index in [0.29, 0.717) is 19.6 Å². The molecule has 1 aliphatic rings. The number of rotatable bonds is 2. The van der Waals surface area contributed by atoms with E-state index in [0.717, 1.165) is 6.07 Å². The summed E-state index contributed by atoms with van der Waals surface area (Å²) in [7, 11) is 0. The third kappa shape index (κ3) is 4.87. The van der Waals surface area contributed by atoms with Crippen molar-refractivity contribution in [3.8, 4) is 0 Å². The normalized spacial score (nSPS) is 19.2. The zero-order chi connectivity index (χ0) is 18.0. The van der Waals surface area contributed by atoms with Crippen LogP contribution in [0.1, 0.15) is 31.9 Å². The van der Waals surface area contributed by atoms with Gasteiger partial charge in [-0.2, -0.15) is 13.2 Å². The maximum Gasteiger partial charge on any atom is 0.416 e. The van der Waals surface area contributed by atoms with Gasteiger partial charge in [0.15, 0.2) is 0 Å². The van der Waals surface area contributed by atoms with E-state index in [1.54, 1.807) is 26.8 Å². The van der Waals surface area contributed by atoms with Gasteiger partial charge in [0.1, 0.15) is 5.60 Å². The summed E-state index contributed by atoms with van der Waals surface area (Å²) < 4.78 is 44.9. The zero-order valence-electron chi connectivity index (χ0n) is 14.1. The lowest BCUT2D eigenvalue weighted by Gasteiger charge is -2.37. The molecule has 0 aliphatic carbocycles. The first kappa shape index (κ1) is 18.6. The molecule has 1 fully saturated rings. The standard InChI is InChI=1S/C17H23F3N2O2/c1-16(2,3)24-15(23)22-9-8-21-11-13(22)10-12-6-4-5-7-14(12)17(18,19)20/h4-7,13,21H,8-11H2,1-3H3/t13-/m0/s1. The van der Waals surface area contributed by atoms with Crippen molar-refractivity contribution >= 4 is 6.09 Å². The van der Waals surface area contributed by atoms with Crippen LogP contribution in [0.2, 0.25) is 0 Å². The van der Waals surface area contributed by atoms with Crippen molar-refractivity contribution in [2.24, 2.45) is 0 Å². The molecule has 1 amide bonds. The molecule has 24 heavy (non-hydrogen) atoms. The molecular weight excluding hydrogens is 321 g/mol. The van der Waals surface area contributed by atoms with Gasteiger partial charge in [-0.25, -0.2) is 4.79 Å². The Morgan fingerprint density at radius 2 is 1.96 bits per heavy atom. The number of hydrogen-bond donors (Lipinski definition) is 1. The van der Waals surface area contributed by atoms with E-state index in [1.807, 2.05) is 0 Å². The summed E-state index contributed by atoms with van der Waals surface area (Å²) in [6.07, 6.45) is -4.77. The Morgan fingerprint density at radius 1 is 1.29 bits per heavy atom. The van der Waals surface area contributed by atoms with Gasteiger partial charge in [-0.1, -0.05) is 18.2 Å². The number of ether oxygens (including phenoxy) is 1. The summed E-state index contributed by atoms with van der Waals surface area (Å²) >= 11 is 0. The smallest absolute Gasteiger partial charge is 0.416 e. The minimum absolute atomic E-state index is 0.127. The number of piperazine rings is 1. The molecule has 0 bridgehead atoms. The van der Waals surface area contributed by atoms with Gasteiger partial charge in [-0.05, 0) is 38.8 Å². The number of carbonyl (C=O) groups is 1. The molecule has 2 rings (SSSR count). The second kappa shape index (κ2) is 7.01. The molecule has 134 valence electrons. The molecule has 1 heterocycles. The summed E-state index contributed by atoms with van der Waals surface area (Å²) in [6.45, 7) is 6.74. The van der Waals surface area contributed by atoms with Crippen molar-refractivity contribution < 1.29 is 22.7 Å². The maximum absolute atomic E-state index is 13.2. The Bertz CT molecular complexity index is 582. The Morgan fingerprint density at radius 3 is 2.58 bits per heavy atom. The second-order valence-corrected chi connectivity index (χ2v) is 6.89. The second-order valence-electron chi connectivity index (χ2n) is 6.89. The van der Waals surface area contributed by atoms with E-state index < -0.39 is 23.4 Å². The fourth-order valence-corrected chi connectivity index (χ4v) is 2.73. The minimum Gasteiger partial charge on any atom is -0.444 e. The first-order chi connectivity index (χ1) is 11.1. The van der Waals surface area contributed by atoms with Crippen molar-refractivity contribution in [2.45, 2.75) is 45.0 Å². The monoisotopic (exact) mass is 344 g/mol. The molecule has 1 N–H and O–H groups in total. The van der Waals surface area contributed by atoms with Crippen LogP contribution in [0.25, 0.3) is 0 Å². The third-order valence-electron chi connectivity index (χ3n) is 3.76. The molecule has 0 saturated carbocycles. The minimum atomic E-state index is -4.41. The van der Waals surface area contributed by atoms with E-state index in [1.165, 1.54) is 17.0 Å². The molecule has 0 radical (unpaired) electrons. The number of nitrogens with one attached hydrogen (secondary N) is 1. The zero-order valence-corrected chi connectivity index (χ0v) is 14.1. The summed E-state index contributed by atoms with van der Waals surface area (Å²) in [5.74, 6) is 0. The van der Waals surface area contributed by atoms with Crippen molar-refractivity contribution in [1.29, 1.82) is 0 Å². The van der Waals surface area contributed by atoms with E-state index in [9.17, 15) is 18.0 Å². The van der Waals surface area contributed by atoms with Crippen LogP contribution >= 0.6 is 0 Å². The van der Waals surface area contributed by atoms with Crippen molar-refractivity contribution in [1.82, 2.24) is 10.2 Å². The predicted octanol–water partition coefficient (Wildman–Crippen LogP) is 3.46. The Labute approximate surface area is 140 Å². The average Bonchev–Trinajstić information content (AvgIpc) is 2.45. The van der Waals surface area contributed by atoms with Gasteiger partial charge in [-0.3, -0.25) is 0 Å². The average molecular weight is 344 g/mol. The molecule has 0 aromatic heterocycles. The number of carbonyl (C=O) groups excluding carboxylic acids is 1. The number of hydrogen-bond acceptors (Lipinski definition) is 3. The van der Waals surface area contributed by atoms with Crippen LogP contribution in [0.5, 0.6) is 0 Å². The highest BCUT2D eigenvalue weighted by Crippen LogP contribution is 2.32. The fourth-order valence-electron chi connectivity index (χ4n) is 2.73. The first-order valence-electron chi connectivity index (χ1n) is 7.93. The van der Waals surface area contributed by atoms with Crippen molar-refractivity contribution in [3.63, 3.8) is 0 Å². The Balaban J connectivity index is 2.19. The molecule has 7 heteroatoms. The summed E-state index contributed by atoms with van der Waals surface area (Å²) in [6, 6.07) is 5.11. The molecule has 1 aromatic rings. The molecule has 1 aromatic carbocycles. The molecule has 4 nitrogen and oxygen atoms in total. The van der Waals surface area contributed by atoms with Gasteiger partial charge in [0, 0.05) is 19.6 Å². The summed E-state index contributed by atoms with van der Waals surface area (Å²) in [5, 5.41) is 3.13. The van der Waals surface area contributed by atoms with Gasteiger partial charge >= 0.3 is 12.3 Å². The van der Waals surface area contributed by atoms with Crippen LogP contribution in [-0.4, -0.2) is 42.3 Å². The van der Waals surface area contributed by atoms with E-state index in [4.69, 9.17) is 4.74 Å².